The average molecular weight is 281 g/mol. The predicted octanol–water partition coefficient (Wildman–Crippen LogP) is 1.44. The van der Waals surface area contributed by atoms with Gasteiger partial charge in [-0.25, -0.2) is 0 Å². The van der Waals surface area contributed by atoms with Crippen molar-refractivity contribution in [3.05, 3.63) is 22.4 Å². The van der Waals surface area contributed by atoms with Crippen LogP contribution < -0.4 is 10.6 Å². The number of carbonyl (C=O) groups excluding carboxylic acids is 1. The Balaban J connectivity index is 1.81. The van der Waals surface area contributed by atoms with Crippen LogP contribution in [-0.2, 0) is 11.3 Å². The number of thiophene rings is 1. The van der Waals surface area contributed by atoms with Crippen LogP contribution in [0.25, 0.3) is 0 Å². The number of carbonyl (C=O) groups is 1. The van der Waals surface area contributed by atoms with Crippen molar-refractivity contribution in [2.75, 3.05) is 20.1 Å². The van der Waals surface area contributed by atoms with E-state index in [1.165, 1.54) is 11.3 Å². The van der Waals surface area contributed by atoms with Crippen molar-refractivity contribution in [1.82, 2.24) is 15.5 Å². The van der Waals surface area contributed by atoms with E-state index in [1.54, 1.807) is 11.3 Å². The van der Waals surface area contributed by atoms with Gasteiger partial charge in [0.05, 0.1) is 12.6 Å². The van der Waals surface area contributed by atoms with Crippen LogP contribution in [0.1, 0.15) is 24.6 Å². The molecule has 0 bridgehead atoms. The zero-order valence-corrected chi connectivity index (χ0v) is 12.5. The highest BCUT2D eigenvalue weighted by Crippen LogP contribution is 2.13. The topological polar surface area (TPSA) is 44.4 Å². The van der Waals surface area contributed by atoms with Crippen molar-refractivity contribution < 1.29 is 4.79 Å². The molecule has 1 fully saturated rings. The number of hydrogen-bond donors (Lipinski definition) is 2. The highest BCUT2D eigenvalue weighted by atomic mass is 32.1. The molecule has 2 heterocycles. The fraction of sp³-hybridized carbons (Fsp3) is 0.643. The summed E-state index contributed by atoms with van der Waals surface area (Å²) in [7, 11) is 2.00. The fourth-order valence-electron chi connectivity index (χ4n) is 2.49. The quantitative estimate of drug-likeness (QED) is 0.858. The van der Waals surface area contributed by atoms with Gasteiger partial charge in [-0.1, -0.05) is 6.07 Å². The lowest BCUT2D eigenvalue weighted by molar-refractivity contribution is -0.126. The molecule has 2 unspecified atom stereocenters. The van der Waals surface area contributed by atoms with Crippen molar-refractivity contribution in [2.24, 2.45) is 0 Å². The third-order valence-corrected chi connectivity index (χ3v) is 4.68. The standard InChI is InChI=1S/C14H23N3OS/c1-11(17-7-3-5-12(10-17)15-2)14(18)16-9-13-6-4-8-19-13/h4,6,8,11-12,15H,3,5,7,9-10H2,1-2H3,(H,16,18). The Morgan fingerprint density at radius 3 is 3.16 bits per heavy atom. The lowest BCUT2D eigenvalue weighted by Crippen LogP contribution is -2.52. The van der Waals surface area contributed by atoms with E-state index in [0.29, 0.717) is 12.6 Å². The Labute approximate surface area is 119 Å². The maximum atomic E-state index is 12.2. The number of rotatable bonds is 5. The smallest absolute Gasteiger partial charge is 0.237 e. The molecule has 0 aliphatic carbocycles. The summed E-state index contributed by atoms with van der Waals surface area (Å²) in [5.41, 5.74) is 0. The number of likely N-dealkylation sites (tertiary alicyclic amines) is 1. The van der Waals surface area contributed by atoms with Crippen LogP contribution in [0.3, 0.4) is 0 Å². The van der Waals surface area contributed by atoms with Crippen molar-refractivity contribution in [1.29, 1.82) is 0 Å². The minimum Gasteiger partial charge on any atom is -0.350 e. The molecular formula is C14H23N3OS. The van der Waals surface area contributed by atoms with Gasteiger partial charge in [0.25, 0.3) is 0 Å². The van der Waals surface area contributed by atoms with Gasteiger partial charge in [-0.3, -0.25) is 9.69 Å². The van der Waals surface area contributed by atoms with Crippen molar-refractivity contribution in [3.8, 4) is 0 Å². The van der Waals surface area contributed by atoms with E-state index in [4.69, 9.17) is 0 Å². The molecule has 5 heteroatoms. The molecule has 1 aliphatic heterocycles. The summed E-state index contributed by atoms with van der Waals surface area (Å²) >= 11 is 1.68. The van der Waals surface area contributed by atoms with Crippen LogP contribution in [0.5, 0.6) is 0 Å². The lowest BCUT2D eigenvalue weighted by Gasteiger charge is -2.35. The minimum atomic E-state index is -0.0453. The van der Waals surface area contributed by atoms with E-state index in [1.807, 2.05) is 31.5 Å². The first kappa shape index (κ1) is 14.5. The molecule has 4 nitrogen and oxygen atoms in total. The second-order valence-electron chi connectivity index (χ2n) is 5.10. The van der Waals surface area contributed by atoms with Gasteiger partial charge < -0.3 is 10.6 Å². The Hall–Kier alpha value is -0.910. The molecule has 1 amide bonds. The summed E-state index contributed by atoms with van der Waals surface area (Å²) in [4.78, 5) is 15.6. The normalized spacial score (nSPS) is 22.1. The molecule has 2 atom stereocenters. The summed E-state index contributed by atoms with van der Waals surface area (Å²) in [6, 6.07) is 4.53. The van der Waals surface area contributed by atoms with Crippen LogP contribution in [0, 0.1) is 0 Å². The third-order valence-electron chi connectivity index (χ3n) is 3.81. The van der Waals surface area contributed by atoms with E-state index in [0.717, 1.165) is 19.5 Å². The van der Waals surface area contributed by atoms with Gasteiger partial charge in [0.15, 0.2) is 0 Å². The van der Waals surface area contributed by atoms with E-state index >= 15 is 0 Å². The maximum absolute atomic E-state index is 12.2. The van der Waals surface area contributed by atoms with Crippen LogP contribution in [0.15, 0.2) is 17.5 Å². The molecule has 1 saturated heterocycles. The molecule has 0 spiro atoms. The molecular weight excluding hydrogens is 258 g/mol. The molecule has 0 saturated carbocycles. The van der Waals surface area contributed by atoms with Gasteiger partial charge in [-0.05, 0) is 44.8 Å². The first-order chi connectivity index (χ1) is 9.20. The van der Waals surface area contributed by atoms with Crippen molar-refractivity contribution in [3.63, 3.8) is 0 Å². The molecule has 1 aromatic heterocycles. The Morgan fingerprint density at radius 1 is 1.63 bits per heavy atom. The van der Waals surface area contributed by atoms with Crippen LogP contribution >= 0.6 is 11.3 Å². The van der Waals surface area contributed by atoms with Gasteiger partial charge >= 0.3 is 0 Å². The molecule has 0 aromatic carbocycles. The summed E-state index contributed by atoms with van der Waals surface area (Å²) < 4.78 is 0. The van der Waals surface area contributed by atoms with Crippen molar-refractivity contribution in [2.45, 2.75) is 38.4 Å². The summed E-state index contributed by atoms with van der Waals surface area (Å²) in [6.07, 6.45) is 2.37. The highest BCUT2D eigenvalue weighted by Gasteiger charge is 2.26. The number of hydrogen-bond acceptors (Lipinski definition) is 4. The second kappa shape index (κ2) is 7.03. The first-order valence-corrected chi connectivity index (χ1v) is 7.80. The van der Waals surface area contributed by atoms with Crippen LogP contribution in [0.4, 0.5) is 0 Å². The summed E-state index contributed by atoms with van der Waals surface area (Å²) in [5, 5.41) is 8.37. The van der Waals surface area contributed by atoms with Gasteiger partial charge in [-0.2, -0.15) is 0 Å². The number of piperidine rings is 1. The zero-order valence-electron chi connectivity index (χ0n) is 11.7. The van der Waals surface area contributed by atoms with Gasteiger partial charge in [0.1, 0.15) is 0 Å². The monoisotopic (exact) mass is 281 g/mol. The zero-order chi connectivity index (χ0) is 13.7. The highest BCUT2D eigenvalue weighted by molar-refractivity contribution is 7.09. The maximum Gasteiger partial charge on any atom is 0.237 e. The van der Waals surface area contributed by atoms with Gasteiger partial charge in [0.2, 0.25) is 5.91 Å². The molecule has 1 aliphatic rings. The SMILES string of the molecule is CNC1CCCN(C(C)C(=O)NCc2cccs2)C1. The van der Waals surface area contributed by atoms with Gasteiger partial charge in [-0.15, -0.1) is 11.3 Å². The molecule has 19 heavy (non-hydrogen) atoms. The largest absolute Gasteiger partial charge is 0.350 e. The van der Waals surface area contributed by atoms with Crippen molar-refractivity contribution >= 4 is 17.2 Å². The van der Waals surface area contributed by atoms with Gasteiger partial charge in [0, 0.05) is 17.5 Å². The number of likely N-dealkylation sites (N-methyl/N-ethyl adjacent to an activating group) is 1. The van der Waals surface area contributed by atoms with Crippen LogP contribution in [0.2, 0.25) is 0 Å². The predicted molar refractivity (Wildman–Crippen MR) is 79.3 cm³/mol. The Morgan fingerprint density at radius 2 is 2.47 bits per heavy atom. The van der Waals surface area contributed by atoms with E-state index < -0.39 is 0 Å². The lowest BCUT2D eigenvalue weighted by atomic mass is 10.0. The van der Waals surface area contributed by atoms with E-state index in [-0.39, 0.29) is 11.9 Å². The molecule has 0 radical (unpaired) electrons. The fourth-order valence-corrected chi connectivity index (χ4v) is 3.14. The Bertz CT molecular complexity index is 393. The summed E-state index contributed by atoms with van der Waals surface area (Å²) in [5.74, 6) is 0.130. The van der Waals surface area contributed by atoms with Crippen LogP contribution in [-0.4, -0.2) is 43.0 Å². The number of nitrogens with zero attached hydrogens (tertiary/aromatic N) is 1. The molecule has 1 aromatic rings. The number of nitrogens with one attached hydrogen (secondary N) is 2. The minimum absolute atomic E-state index is 0.0453. The van der Waals surface area contributed by atoms with E-state index in [2.05, 4.69) is 15.5 Å². The first-order valence-electron chi connectivity index (χ1n) is 6.92. The molecule has 2 N–H and O–H groups in total. The molecule has 2 rings (SSSR count). The number of amides is 1. The second-order valence-corrected chi connectivity index (χ2v) is 6.13. The van der Waals surface area contributed by atoms with E-state index in [9.17, 15) is 4.79 Å². The summed E-state index contributed by atoms with van der Waals surface area (Å²) in [6.45, 7) is 4.63. The molecule has 106 valence electrons. The Kier molecular flexibility index (Phi) is 5.36. The third kappa shape index (κ3) is 4.03. The average Bonchev–Trinajstić information content (AvgIpc) is 2.97.